The van der Waals surface area contributed by atoms with Gasteiger partial charge < -0.3 is 16.4 Å². The van der Waals surface area contributed by atoms with Crippen molar-refractivity contribution < 1.29 is 18.0 Å². The molecule has 4 N–H and O–H groups in total. The lowest BCUT2D eigenvalue weighted by atomic mass is 10.2. The molecule has 1 aliphatic heterocycles. The summed E-state index contributed by atoms with van der Waals surface area (Å²) >= 11 is 0. The molecule has 2 amide bonds. The van der Waals surface area contributed by atoms with Crippen LogP contribution in [0.15, 0.2) is 47.4 Å². The fraction of sp³-hybridized carbons (Fsp3) is 0.333. The summed E-state index contributed by atoms with van der Waals surface area (Å²) in [6, 6.07) is 11.2. The second-order valence-corrected chi connectivity index (χ2v) is 9.22. The van der Waals surface area contributed by atoms with Crippen molar-refractivity contribution in [2.24, 2.45) is 5.73 Å². The van der Waals surface area contributed by atoms with Crippen LogP contribution in [0.25, 0.3) is 0 Å². The van der Waals surface area contributed by atoms with Crippen LogP contribution in [0.1, 0.15) is 35.2 Å². The predicted molar refractivity (Wildman–Crippen MR) is 116 cm³/mol. The third-order valence-electron chi connectivity index (χ3n) is 5.06. The van der Waals surface area contributed by atoms with Crippen molar-refractivity contribution in [3.63, 3.8) is 0 Å². The Balaban J connectivity index is 1.66. The fourth-order valence-corrected chi connectivity index (χ4v) is 4.82. The molecular formula is C21H26N4O4S. The Bertz CT molecular complexity index is 1030. The number of amides is 2. The lowest BCUT2D eigenvalue weighted by Crippen LogP contribution is -2.35. The molecule has 160 valence electrons. The zero-order chi connectivity index (χ0) is 21.7. The predicted octanol–water partition coefficient (Wildman–Crippen LogP) is 2.32. The largest absolute Gasteiger partial charge is 0.376 e. The van der Waals surface area contributed by atoms with Crippen molar-refractivity contribution in [2.75, 3.05) is 30.3 Å². The SMILES string of the molecule is Cc1ccc(S(=O)(=O)N2CCCCC2)cc1NC(=O)CNc1ccc(C(N)=O)cc1. The first kappa shape index (κ1) is 21.8. The number of rotatable bonds is 7. The minimum Gasteiger partial charge on any atom is -0.376 e. The highest BCUT2D eigenvalue weighted by molar-refractivity contribution is 7.89. The second-order valence-electron chi connectivity index (χ2n) is 7.28. The van der Waals surface area contributed by atoms with Crippen molar-refractivity contribution in [3.05, 3.63) is 53.6 Å². The number of nitrogens with one attached hydrogen (secondary N) is 2. The number of carbonyl (C=O) groups excluding carboxylic acids is 2. The maximum atomic E-state index is 12.9. The molecule has 9 heteroatoms. The Morgan fingerprint density at radius 3 is 2.33 bits per heavy atom. The van der Waals surface area contributed by atoms with Gasteiger partial charge in [0.15, 0.2) is 0 Å². The molecule has 1 fully saturated rings. The van der Waals surface area contributed by atoms with E-state index in [9.17, 15) is 18.0 Å². The lowest BCUT2D eigenvalue weighted by molar-refractivity contribution is -0.114. The number of nitrogens with two attached hydrogens (primary N) is 1. The van der Waals surface area contributed by atoms with Gasteiger partial charge in [0.1, 0.15) is 0 Å². The molecule has 0 unspecified atom stereocenters. The van der Waals surface area contributed by atoms with Crippen LogP contribution >= 0.6 is 0 Å². The average molecular weight is 431 g/mol. The maximum Gasteiger partial charge on any atom is 0.248 e. The van der Waals surface area contributed by atoms with E-state index in [1.54, 1.807) is 36.4 Å². The maximum absolute atomic E-state index is 12.9. The summed E-state index contributed by atoms with van der Waals surface area (Å²) in [5.41, 5.74) is 7.48. The monoisotopic (exact) mass is 430 g/mol. The molecule has 2 aromatic carbocycles. The van der Waals surface area contributed by atoms with E-state index in [4.69, 9.17) is 5.73 Å². The van der Waals surface area contributed by atoms with Gasteiger partial charge in [-0.1, -0.05) is 12.5 Å². The minimum atomic E-state index is -3.57. The topological polar surface area (TPSA) is 122 Å². The Kier molecular flexibility index (Phi) is 6.73. The number of piperidine rings is 1. The lowest BCUT2D eigenvalue weighted by Gasteiger charge is -2.26. The van der Waals surface area contributed by atoms with E-state index < -0.39 is 15.9 Å². The molecule has 1 aliphatic rings. The van der Waals surface area contributed by atoms with Crippen LogP contribution in [0.5, 0.6) is 0 Å². The first-order chi connectivity index (χ1) is 14.3. The van der Waals surface area contributed by atoms with Gasteiger partial charge in [-0.15, -0.1) is 0 Å². The quantitative estimate of drug-likeness (QED) is 0.622. The summed E-state index contributed by atoms with van der Waals surface area (Å²) in [5.74, 6) is -0.834. The van der Waals surface area contributed by atoms with Crippen molar-refractivity contribution in [2.45, 2.75) is 31.1 Å². The molecule has 8 nitrogen and oxygen atoms in total. The molecular weight excluding hydrogens is 404 g/mol. The summed E-state index contributed by atoms with van der Waals surface area (Å²) in [7, 11) is -3.57. The van der Waals surface area contributed by atoms with Crippen LogP contribution in [0, 0.1) is 6.92 Å². The molecule has 1 heterocycles. The van der Waals surface area contributed by atoms with Crippen LogP contribution in [0.3, 0.4) is 0 Å². The van der Waals surface area contributed by atoms with Crippen LogP contribution in [0.2, 0.25) is 0 Å². The van der Waals surface area contributed by atoms with E-state index >= 15 is 0 Å². The van der Waals surface area contributed by atoms with Gasteiger partial charge in [-0.25, -0.2) is 8.42 Å². The molecule has 0 bridgehead atoms. The van der Waals surface area contributed by atoms with Crippen molar-refractivity contribution >= 4 is 33.2 Å². The Labute approximate surface area is 176 Å². The molecule has 30 heavy (non-hydrogen) atoms. The van der Waals surface area contributed by atoms with Crippen LogP contribution in [-0.2, 0) is 14.8 Å². The van der Waals surface area contributed by atoms with Crippen LogP contribution < -0.4 is 16.4 Å². The summed E-state index contributed by atoms with van der Waals surface area (Å²) in [5, 5.41) is 5.72. The highest BCUT2D eigenvalue weighted by atomic mass is 32.2. The molecule has 0 aliphatic carbocycles. The van der Waals surface area contributed by atoms with E-state index in [1.807, 2.05) is 6.92 Å². The van der Waals surface area contributed by atoms with E-state index in [0.717, 1.165) is 24.8 Å². The van der Waals surface area contributed by atoms with Gasteiger partial charge in [-0.3, -0.25) is 9.59 Å². The smallest absolute Gasteiger partial charge is 0.248 e. The third kappa shape index (κ3) is 5.17. The number of carbonyl (C=O) groups is 2. The van der Waals surface area contributed by atoms with E-state index in [0.29, 0.717) is 30.0 Å². The summed E-state index contributed by atoms with van der Waals surface area (Å²) in [6.45, 7) is 2.84. The van der Waals surface area contributed by atoms with Crippen molar-refractivity contribution in [1.82, 2.24) is 4.31 Å². The normalized spacial score (nSPS) is 14.8. The Morgan fingerprint density at radius 1 is 1.03 bits per heavy atom. The highest BCUT2D eigenvalue weighted by Gasteiger charge is 2.26. The number of hydrogen-bond acceptors (Lipinski definition) is 5. The zero-order valence-electron chi connectivity index (χ0n) is 16.8. The minimum absolute atomic E-state index is 0.0154. The molecule has 0 atom stereocenters. The first-order valence-electron chi connectivity index (χ1n) is 9.82. The van der Waals surface area contributed by atoms with Gasteiger partial charge >= 0.3 is 0 Å². The first-order valence-corrected chi connectivity index (χ1v) is 11.3. The number of nitrogens with zero attached hydrogens (tertiary/aromatic N) is 1. The Hall–Kier alpha value is -2.91. The number of hydrogen-bond donors (Lipinski definition) is 3. The number of primary amides is 1. The standard InChI is InChI=1S/C21H26N4O4S/c1-15-5-10-18(30(28,29)25-11-3-2-4-12-25)13-19(15)24-20(26)14-23-17-8-6-16(7-9-17)21(22)27/h5-10,13,23H,2-4,11-12,14H2,1H3,(H2,22,27)(H,24,26). The molecule has 0 spiro atoms. The molecule has 3 rings (SSSR count). The van der Waals surface area contributed by atoms with Crippen molar-refractivity contribution in [3.8, 4) is 0 Å². The van der Waals surface area contributed by atoms with Crippen molar-refractivity contribution in [1.29, 1.82) is 0 Å². The summed E-state index contributed by atoms with van der Waals surface area (Å²) in [4.78, 5) is 23.7. The van der Waals surface area contributed by atoms with E-state index in [2.05, 4.69) is 10.6 Å². The number of sulfonamides is 1. The average Bonchev–Trinajstić information content (AvgIpc) is 2.74. The third-order valence-corrected chi connectivity index (χ3v) is 6.95. The van der Waals surface area contributed by atoms with Gasteiger partial charge in [0.2, 0.25) is 21.8 Å². The van der Waals surface area contributed by atoms with Gasteiger partial charge in [0.05, 0.1) is 11.4 Å². The molecule has 0 saturated carbocycles. The summed E-state index contributed by atoms with van der Waals surface area (Å²) < 4.78 is 27.3. The van der Waals surface area contributed by atoms with Gasteiger partial charge in [0.25, 0.3) is 0 Å². The number of benzene rings is 2. The van der Waals surface area contributed by atoms with Gasteiger partial charge in [0, 0.05) is 30.0 Å². The fourth-order valence-electron chi connectivity index (χ4n) is 3.28. The molecule has 0 radical (unpaired) electrons. The van der Waals surface area contributed by atoms with Gasteiger partial charge in [-0.2, -0.15) is 4.31 Å². The van der Waals surface area contributed by atoms with Gasteiger partial charge in [-0.05, 0) is 61.7 Å². The number of aryl methyl sites for hydroxylation is 1. The molecule has 1 saturated heterocycles. The molecule has 2 aromatic rings. The number of anilines is 2. The van der Waals surface area contributed by atoms with Crippen LogP contribution in [-0.4, -0.2) is 44.2 Å². The highest BCUT2D eigenvalue weighted by Crippen LogP contribution is 2.25. The summed E-state index contributed by atoms with van der Waals surface area (Å²) in [6.07, 6.45) is 2.76. The Morgan fingerprint density at radius 2 is 1.70 bits per heavy atom. The van der Waals surface area contributed by atoms with E-state index in [-0.39, 0.29) is 17.3 Å². The van der Waals surface area contributed by atoms with E-state index in [1.165, 1.54) is 10.4 Å². The molecule has 0 aromatic heterocycles. The van der Waals surface area contributed by atoms with Crippen LogP contribution in [0.4, 0.5) is 11.4 Å². The second kappa shape index (κ2) is 9.27. The zero-order valence-corrected chi connectivity index (χ0v) is 17.7.